The standard InChI is InChI=1S/C20H22ClN3O2/c1-13(2)16-9-17(20(26-4)10-19(16)25-3)18-12-24(23-22-18)11-14-5-7-15(21)8-6-14/h5-10,12-13H,11H2,1-4H3. The van der Waals surface area contributed by atoms with Gasteiger partial charge in [-0.05, 0) is 35.2 Å². The number of methoxy groups -OCH3 is 2. The normalized spacial score (nSPS) is 11.0. The second kappa shape index (κ2) is 7.79. The molecule has 0 fully saturated rings. The Morgan fingerprint density at radius 2 is 1.73 bits per heavy atom. The first-order chi connectivity index (χ1) is 12.5. The monoisotopic (exact) mass is 371 g/mol. The summed E-state index contributed by atoms with van der Waals surface area (Å²) in [5.74, 6) is 1.85. The van der Waals surface area contributed by atoms with E-state index < -0.39 is 0 Å². The third-order valence-corrected chi connectivity index (χ3v) is 4.50. The Kier molecular flexibility index (Phi) is 5.47. The molecule has 0 atom stereocenters. The minimum absolute atomic E-state index is 0.318. The number of ether oxygens (including phenoxy) is 2. The van der Waals surface area contributed by atoms with Gasteiger partial charge in [-0.3, -0.25) is 0 Å². The molecule has 1 aromatic heterocycles. The van der Waals surface area contributed by atoms with Crippen molar-refractivity contribution in [1.29, 1.82) is 0 Å². The van der Waals surface area contributed by atoms with Gasteiger partial charge in [0.25, 0.3) is 0 Å². The maximum absolute atomic E-state index is 5.94. The highest BCUT2D eigenvalue weighted by Crippen LogP contribution is 2.38. The zero-order chi connectivity index (χ0) is 18.7. The van der Waals surface area contributed by atoms with Gasteiger partial charge in [-0.25, -0.2) is 4.68 Å². The van der Waals surface area contributed by atoms with Gasteiger partial charge in [0.05, 0.1) is 27.0 Å². The molecule has 3 aromatic rings. The topological polar surface area (TPSA) is 49.2 Å². The number of hydrogen-bond donors (Lipinski definition) is 0. The molecule has 26 heavy (non-hydrogen) atoms. The number of hydrogen-bond acceptors (Lipinski definition) is 4. The smallest absolute Gasteiger partial charge is 0.132 e. The molecule has 0 saturated heterocycles. The lowest BCUT2D eigenvalue weighted by Crippen LogP contribution is -2.00. The molecular weight excluding hydrogens is 350 g/mol. The van der Waals surface area contributed by atoms with Crippen molar-refractivity contribution in [3.8, 4) is 22.8 Å². The molecule has 0 aliphatic heterocycles. The van der Waals surface area contributed by atoms with Crippen LogP contribution < -0.4 is 9.47 Å². The van der Waals surface area contributed by atoms with E-state index in [4.69, 9.17) is 21.1 Å². The number of halogens is 1. The SMILES string of the molecule is COc1cc(OC)c(C(C)C)cc1-c1cn(Cc2ccc(Cl)cc2)nn1. The quantitative estimate of drug-likeness (QED) is 0.625. The lowest BCUT2D eigenvalue weighted by Gasteiger charge is -2.16. The third-order valence-electron chi connectivity index (χ3n) is 4.25. The Morgan fingerprint density at radius 1 is 1.04 bits per heavy atom. The molecular formula is C20H22ClN3O2. The number of benzene rings is 2. The molecule has 0 N–H and O–H groups in total. The number of aromatic nitrogens is 3. The van der Waals surface area contributed by atoms with Crippen molar-refractivity contribution in [1.82, 2.24) is 15.0 Å². The minimum Gasteiger partial charge on any atom is -0.496 e. The van der Waals surface area contributed by atoms with E-state index in [1.165, 1.54) is 0 Å². The molecule has 0 unspecified atom stereocenters. The first kappa shape index (κ1) is 18.3. The fourth-order valence-electron chi connectivity index (χ4n) is 2.85. The van der Waals surface area contributed by atoms with Crippen LogP contribution in [0.5, 0.6) is 11.5 Å². The molecule has 3 rings (SSSR count). The summed E-state index contributed by atoms with van der Waals surface area (Å²) in [5.41, 5.74) is 3.88. The van der Waals surface area contributed by atoms with Gasteiger partial charge in [0.2, 0.25) is 0 Å². The summed E-state index contributed by atoms with van der Waals surface area (Å²) in [4.78, 5) is 0. The van der Waals surface area contributed by atoms with E-state index in [0.29, 0.717) is 18.2 Å². The second-order valence-corrected chi connectivity index (χ2v) is 6.81. The van der Waals surface area contributed by atoms with Crippen LogP contribution in [0.3, 0.4) is 0 Å². The van der Waals surface area contributed by atoms with E-state index in [1.807, 2.05) is 36.5 Å². The van der Waals surface area contributed by atoms with Gasteiger partial charge >= 0.3 is 0 Å². The molecule has 0 radical (unpaired) electrons. The molecule has 5 nitrogen and oxygen atoms in total. The van der Waals surface area contributed by atoms with Crippen molar-refractivity contribution in [2.75, 3.05) is 14.2 Å². The average molecular weight is 372 g/mol. The Bertz CT molecular complexity index is 889. The van der Waals surface area contributed by atoms with Gasteiger partial charge in [-0.15, -0.1) is 5.10 Å². The van der Waals surface area contributed by atoms with Crippen molar-refractivity contribution < 1.29 is 9.47 Å². The van der Waals surface area contributed by atoms with E-state index in [1.54, 1.807) is 18.9 Å². The molecule has 136 valence electrons. The van der Waals surface area contributed by atoms with Crippen LogP contribution in [-0.2, 0) is 6.54 Å². The predicted molar refractivity (Wildman–Crippen MR) is 103 cm³/mol. The van der Waals surface area contributed by atoms with Gasteiger partial charge in [-0.2, -0.15) is 0 Å². The summed E-state index contributed by atoms with van der Waals surface area (Å²) in [7, 11) is 3.31. The number of rotatable bonds is 6. The third kappa shape index (κ3) is 3.83. The lowest BCUT2D eigenvalue weighted by atomic mass is 9.97. The summed E-state index contributed by atoms with van der Waals surface area (Å²) < 4.78 is 12.9. The van der Waals surface area contributed by atoms with Crippen molar-refractivity contribution in [3.63, 3.8) is 0 Å². The van der Waals surface area contributed by atoms with Crippen molar-refractivity contribution >= 4 is 11.6 Å². The van der Waals surface area contributed by atoms with Crippen LogP contribution in [0, 0.1) is 0 Å². The summed E-state index contributed by atoms with van der Waals surface area (Å²) >= 11 is 5.94. The molecule has 0 aliphatic carbocycles. The van der Waals surface area contributed by atoms with E-state index >= 15 is 0 Å². The van der Waals surface area contributed by atoms with Crippen LogP contribution in [0.1, 0.15) is 30.9 Å². The van der Waals surface area contributed by atoms with Crippen molar-refractivity contribution in [2.45, 2.75) is 26.3 Å². The van der Waals surface area contributed by atoms with Gasteiger partial charge in [0, 0.05) is 16.7 Å². The van der Waals surface area contributed by atoms with Crippen LogP contribution >= 0.6 is 11.6 Å². The highest BCUT2D eigenvalue weighted by atomic mass is 35.5. The predicted octanol–water partition coefficient (Wildman–Crippen LogP) is 4.79. The first-order valence-electron chi connectivity index (χ1n) is 8.42. The van der Waals surface area contributed by atoms with Gasteiger partial charge in [0.1, 0.15) is 17.2 Å². The Balaban J connectivity index is 1.95. The minimum atomic E-state index is 0.318. The Hall–Kier alpha value is -2.53. The van der Waals surface area contributed by atoms with Crippen LogP contribution in [0.25, 0.3) is 11.3 Å². The summed E-state index contributed by atoms with van der Waals surface area (Å²) in [5, 5.41) is 9.30. The molecule has 6 heteroatoms. The zero-order valence-electron chi connectivity index (χ0n) is 15.4. The lowest BCUT2D eigenvalue weighted by molar-refractivity contribution is 0.390. The number of nitrogens with zero attached hydrogens (tertiary/aromatic N) is 3. The van der Waals surface area contributed by atoms with E-state index in [9.17, 15) is 0 Å². The molecule has 1 heterocycles. The summed E-state index contributed by atoms with van der Waals surface area (Å²) in [6.45, 7) is 4.89. The van der Waals surface area contributed by atoms with E-state index in [0.717, 1.165) is 33.2 Å². The van der Waals surface area contributed by atoms with Crippen LogP contribution in [0.4, 0.5) is 0 Å². The largest absolute Gasteiger partial charge is 0.496 e. The van der Waals surface area contributed by atoms with E-state index in [2.05, 4.69) is 30.2 Å². The summed E-state index contributed by atoms with van der Waals surface area (Å²) in [6.07, 6.45) is 1.92. The van der Waals surface area contributed by atoms with E-state index in [-0.39, 0.29) is 0 Å². The molecule has 0 saturated carbocycles. The fraction of sp³-hybridized carbons (Fsp3) is 0.300. The molecule has 0 aliphatic rings. The zero-order valence-corrected chi connectivity index (χ0v) is 16.1. The van der Waals surface area contributed by atoms with Crippen LogP contribution in [0.15, 0.2) is 42.6 Å². The maximum atomic E-state index is 5.94. The maximum Gasteiger partial charge on any atom is 0.132 e. The van der Waals surface area contributed by atoms with Crippen molar-refractivity contribution in [3.05, 3.63) is 58.7 Å². The highest BCUT2D eigenvalue weighted by Gasteiger charge is 2.17. The fourth-order valence-corrected chi connectivity index (χ4v) is 2.98. The van der Waals surface area contributed by atoms with Crippen LogP contribution in [0.2, 0.25) is 5.02 Å². The van der Waals surface area contributed by atoms with Gasteiger partial charge in [-0.1, -0.05) is 42.8 Å². The summed E-state index contributed by atoms with van der Waals surface area (Å²) in [6, 6.07) is 11.7. The molecule has 0 spiro atoms. The Morgan fingerprint density at radius 3 is 2.35 bits per heavy atom. The van der Waals surface area contributed by atoms with Crippen LogP contribution in [-0.4, -0.2) is 29.2 Å². The van der Waals surface area contributed by atoms with Gasteiger partial charge < -0.3 is 9.47 Å². The Labute approximate surface area is 158 Å². The molecule has 0 amide bonds. The van der Waals surface area contributed by atoms with Crippen molar-refractivity contribution in [2.24, 2.45) is 0 Å². The highest BCUT2D eigenvalue weighted by molar-refractivity contribution is 6.30. The first-order valence-corrected chi connectivity index (χ1v) is 8.80. The average Bonchev–Trinajstić information content (AvgIpc) is 3.10. The molecule has 2 aromatic carbocycles. The molecule has 0 bridgehead atoms. The second-order valence-electron chi connectivity index (χ2n) is 6.38. The van der Waals surface area contributed by atoms with Gasteiger partial charge in [0.15, 0.2) is 0 Å².